The topological polar surface area (TPSA) is 74.7 Å². The van der Waals surface area contributed by atoms with Crippen LogP contribution >= 0.6 is 11.3 Å². The highest BCUT2D eigenvalue weighted by molar-refractivity contribution is 7.17. The number of aliphatic imine (C=N–C) groups is 1. The number of allylic oxidation sites excluding steroid dienone is 1. The molecule has 1 spiro atoms. The van der Waals surface area contributed by atoms with Crippen LogP contribution in [0.5, 0.6) is 0 Å². The lowest BCUT2D eigenvalue weighted by Gasteiger charge is -2.36. The normalized spacial score (nSPS) is 20.3. The van der Waals surface area contributed by atoms with Crippen LogP contribution in [0.4, 0.5) is 10.9 Å². The summed E-state index contributed by atoms with van der Waals surface area (Å²) in [7, 11) is 0. The number of nitrogens with zero attached hydrogens (tertiary/aromatic N) is 3. The molecule has 7 heteroatoms. The van der Waals surface area contributed by atoms with Crippen LogP contribution in [-0.4, -0.2) is 36.1 Å². The summed E-state index contributed by atoms with van der Waals surface area (Å²) in [6.07, 6.45) is 6.59. The van der Waals surface area contributed by atoms with Crippen molar-refractivity contribution in [2.45, 2.75) is 19.3 Å². The molecule has 3 rings (SSSR count). The lowest BCUT2D eigenvalue weighted by Crippen LogP contribution is -2.43. The molecule has 2 saturated heterocycles. The van der Waals surface area contributed by atoms with Gasteiger partial charge >= 0.3 is 0 Å². The molecule has 1 aromatic heterocycles. The molecule has 2 aliphatic rings. The number of anilines is 1. The first-order valence-electron chi connectivity index (χ1n) is 7.45. The number of piperidine rings is 1. The van der Waals surface area contributed by atoms with Crippen LogP contribution in [0.1, 0.15) is 24.1 Å². The summed E-state index contributed by atoms with van der Waals surface area (Å²) in [5.74, 6) is 0.353. The summed E-state index contributed by atoms with van der Waals surface area (Å²) in [5, 5.41) is 3.30. The van der Waals surface area contributed by atoms with E-state index < -0.39 is 5.41 Å². The summed E-state index contributed by atoms with van der Waals surface area (Å²) in [5.41, 5.74) is -0.518. The number of carbonyl (C=O) groups excluding carboxylic acids is 2. The van der Waals surface area contributed by atoms with Gasteiger partial charge in [-0.3, -0.25) is 14.9 Å². The Morgan fingerprint density at radius 2 is 2.04 bits per heavy atom. The van der Waals surface area contributed by atoms with Gasteiger partial charge in [0, 0.05) is 25.7 Å². The van der Waals surface area contributed by atoms with Crippen LogP contribution in [0.2, 0.25) is 0 Å². The fourth-order valence-corrected chi connectivity index (χ4v) is 3.93. The highest BCUT2D eigenvalue weighted by atomic mass is 32.1. The van der Waals surface area contributed by atoms with E-state index in [4.69, 9.17) is 0 Å². The van der Waals surface area contributed by atoms with Gasteiger partial charge in [0.2, 0.25) is 11.8 Å². The number of hydrogen-bond acceptors (Lipinski definition) is 6. The van der Waals surface area contributed by atoms with Gasteiger partial charge in [0.15, 0.2) is 10.9 Å². The largest absolute Gasteiger partial charge is 0.348 e. The minimum atomic E-state index is -0.518. The standard InChI is InChI=1S/C16H18N4O2S/c1-3-7-17-13-11(4-2)23-15(19-13)20-8-5-16(6-9-20)10-12(21)18-14(16)22/h3-4,7H,1-2,5-6,8-10H2,(H,18,21,22)/b17-7-. The molecule has 0 radical (unpaired) electrons. The van der Waals surface area contributed by atoms with E-state index in [0.717, 1.165) is 10.0 Å². The molecular weight excluding hydrogens is 312 g/mol. The molecule has 2 amide bonds. The van der Waals surface area contributed by atoms with Crippen molar-refractivity contribution in [1.29, 1.82) is 0 Å². The zero-order valence-electron chi connectivity index (χ0n) is 12.7. The number of hydrogen-bond donors (Lipinski definition) is 1. The maximum Gasteiger partial charge on any atom is 0.233 e. The van der Waals surface area contributed by atoms with Crippen LogP contribution < -0.4 is 10.2 Å². The van der Waals surface area contributed by atoms with Crippen LogP contribution in [-0.2, 0) is 9.59 Å². The third kappa shape index (κ3) is 2.84. The molecule has 0 saturated carbocycles. The van der Waals surface area contributed by atoms with Gasteiger partial charge in [0.05, 0.1) is 10.3 Å². The van der Waals surface area contributed by atoms with Crippen molar-refractivity contribution in [3.63, 3.8) is 0 Å². The zero-order valence-corrected chi connectivity index (χ0v) is 13.6. The predicted molar refractivity (Wildman–Crippen MR) is 92.2 cm³/mol. The number of imide groups is 1. The molecule has 2 aliphatic heterocycles. The lowest BCUT2D eigenvalue weighted by atomic mass is 9.77. The average molecular weight is 330 g/mol. The summed E-state index contributed by atoms with van der Waals surface area (Å²) in [4.78, 5) is 35.4. The van der Waals surface area contributed by atoms with Gasteiger partial charge in [0.25, 0.3) is 0 Å². The van der Waals surface area contributed by atoms with Gasteiger partial charge in [-0.15, -0.1) is 0 Å². The summed E-state index contributed by atoms with van der Waals surface area (Å²) < 4.78 is 0. The van der Waals surface area contributed by atoms with Gasteiger partial charge in [0.1, 0.15) is 0 Å². The first-order valence-corrected chi connectivity index (χ1v) is 8.27. The van der Waals surface area contributed by atoms with Crippen molar-refractivity contribution in [2.24, 2.45) is 10.4 Å². The summed E-state index contributed by atoms with van der Waals surface area (Å²) in [6.45, 7) is 8.81. The van der Waals surface area contributed by atoms with E-state index in [2.05, 4.69) is 33.4 Å². The van der Waals surface area contributed by atoms with E-state index in [1.165, 1.54) is 11.3 Å². The second kappa shape index (κ2) is 6.08. The third-order valence-electron chi connectivity index (χ3n) is 4.34. The van der Waals surface area contributed by atoms with Gasteiger partial charge in [-0.1, -0.05) is 30.6 Å². The summed E-state index contributed by atoms with van der Waals surface area (Å²) in [6, 6.07) is 0. The third-order valence-corrected chi connectivity index (χ3v) is 5.44. The molecule has 2 fully saturated rings. The molecule has 1 aromatic rings. The van der Waals surface area contributed by atoms with Crippen molar-refractivity contribution in [3.05, 3.63) is 24.1 Å². The van der Waals surface area contributed by atoms with E-state index in [1.54, 1.807) is 18.4 Å². The fraction of sp³-hybridized carbons (Fsp3) is 0.375. The lowest BCUT2D eigenvalue weighted by molar-refractivity contribution is -0.129. The van der Waals surface area contributed by atoms with Crippen molar-refractivity contribution >= 4 is 46.4 Å². The molecule has 0 aromatic carbocycles. The van der Waals surface area contributed by atoms with E-state index >= 15 is 0 Å². The maximum absolute atomic E-state index is 12.0. The molecule has 0 unspecified atom stereocenters. The Balaban J connectivity index is 1.75. The monoisotopic (exact) mass is 330 g/mol. The number of carbonyl (C=O) groups is 2. The van der Waals surface area contributed by atoms with Crippen molar-refractivity contribution in [3.8, 4) is 0 Å². The molecular formula is C16H18N4O2S. The van der Waals surface area contributed by atoms with Crippen LogP contribution in [0, 0.1) is 5.41 Å². The van der Waals surface area contributed by atoms with E-state index in [9.17, 15) is 9.59 Å². The van der Waals surface area contributed by atoms with E-state index in [0.29, 0.717) is 38.2 Å². The van der Waals surface area contributed by atoms with Gasteiger partial charge < -0.3 is 4.90 Å². The Hall–Kier alpha value is -2.28. The number of rotatable bonds is 4. The molecule has 6 nitrogen and oxygen atoms in total. The SMILES string of the molecule is C=C/C=N\c1nc(N2CCC3(CC2)CC(=O)NC3=O)sc1C=C. The van der Waals surface area contributed by atoms with Gasteiger partial charge in [-0.2, -0.15) is 4.98 Å². The number of nitrogens with one attached hydrogen (secondary N) is 1. The first-order chi connectivity index (χ1) is 11.1. The second-order valence-electron chi connectivity index (χ2n) is 5.72. The fourth-order valence-electron chi connectivity index (χ4n) is 3.02. The Morgan fingerprint density at radius 3 is 2.61 bits per heavy atom. The quantitative estimate of drug-likeness (QED) is 0.679. The molecule has 0 aliphatic carbocycles. The Bertz CT molecular complexity index is 699. The Labute approximate surface area is 138 Å². The zero-order chi connectivity index (χ0) is 16.4. The Kier molecular flexibility index (Phi) is 4.12. The van der Waals surface area contributed by atoms with Crippen molar-refractivity contribution in [2.75, 3.05) is 18.0 Å². The minimum Gasteiger partial charge on any atom is -0.348 e. The number of thiazole rings is 1. The first kappa shape index (κ1) is 15.6. The highest BCUT2D eigenvalue weighted by Crippen LogP contribution is 2.41. The molecule has 23 heavy (non-hydrogen) atoms. The van der Waals surface area contributed by atoms with Crippen LogP contribution in [0.15, 0.2) is 24.2 Å². The van der Waals surface area contributed by atoms with E-state index in [-0.39, 0.29) is 11.8 Å². The molecule has 0 atom stereocenters. The van der Waals surface area contributed by atoms with Crippen molar-refractivity contribution in [1.82, 2.24) is 10.3 Å². The average Bonchev–Trinajstić information content (AvgIpc) is 3.07. The Morgan fingerprint density at radius 1 is 1.30 bits per heavy atom. The van der Waals surface area contributed by atoms with Crippen LogP contribution in [0.3, 0.4) is 0 Å². The molecule has 3 heterocycles. The number of aromatic nitrogens is 1. The molecule has 0 bridgehead atoms. The maximum atomic E-state index is 12.0. The number of amides is 2. The smallest absolute Gasteiger partial charge is 0.233 e. The summed E-state index contributed by atoms with van der Waals surface area (Å²) >= 11 is 1.53. The highest BCUT2D eigenvalue weighted by Gasteiger charge is 2.48. The minimum absolute atomic E-state index is 0.121. The van der Waals surface area contributed by atoms with Gasteiger partial charge in [-0.25, -0.2) is 4.99 Å². The van der Waals surface area contributed by atoms with Gasteiger partial charge in [-0.05, 0) is 18.9 Å². The van der Waals surface area contributed by atoms with Crippen molar-refractivity contribution < 1.29 is 9.59 Å². The second-order valence-corrected chi connectivity index (χ2v) is 6.73. The molecule has 120 valence electrons. The van der Waals surface area contributed by atoms with Crippen LogP contribution in [0.25, 0.3) is 6.08 Å². The predicted octanol–water partition coefficient (Wildman–Crippen LogP) is 2.31. The van der Waals surface area contributed by atoms with E-state index in [1.807, 2.05) is 0 Å². The molecule has 1 N–H and O–H groups in total.